The molecule has 4 heteroatoms. The van der Waals surface area contributed by atoms with Crippen LogP contribution in [0.15, 0.2) is 12.2 Å². The van der Waals surface area contributed by atoms with Gasteiger partial charge in [-0.2, -0.15) is 0 Å². The number of carbonyl (C=O) groups is 1. The molecule has 0 bridgehead atoms. The second-order valence-corrected chi connectivity index (χ2v) is 6.69. The molecule has 0 unspecified atom stereocenters. The van der Waals surface area contributed by atoms with Crippen LogP contribution < -0.4 is 10.6 Å². The van der Waals surface area contributed by atoms with Crippen LogP contribution in [-0.4, -0.2) is 50.1 Å². The third-order valence-corrected chi connectivity index (χ3v) is 4.13. The Morgan fingerprint density at radius 3 is 1.58 bits per heavy atom. The lowest BCUT2D eigenvalue weighted by atomic mass is 10.2. The van der Waals surface area contributed by atoms with Crippen molar-refractivity contribution in [2.75, 3.05) is 39.3 Å². The van der Waals surface area contributed by atoms with E-state index in [1.54, 1.807) is 0 Å². The van der Waals surface area contributed by atoms with Crippen molar-refractivity contribution in [3.63, 3.8) is 0 Å². The van der Waals surface area contributed by atoms with Crippen LogP contribution in [0.2, 0.25) is 0 Å². The summed E-state index contributed by atoms with van der Waals surface area (Å²) >= 11 is 0. The highest BCUT2D eigenvalue weighted by Crippen LogP contribution is 2.04. The van der Waals surface area contributed by atoms with Gasteiger partial charge in [0.2, 0.25) is 5.91 Å². The van der Waals surface area contributed by atoms with Crippen LogP contribution in [0, 0.1) is 0 Å². The van der Waals surface area contributed by atoms with E-state index in [2.05, 4.69) is 31.1 Å². The van der Waals surface area contributed by atoms with E-state index in [-0.39, 0.29) is 5.91 Å². The fourth-order valence-corrected chi connectivity index (χ4v) is 2.54. The lowest BCUT2D eigenvalue weighted by molar-refractivity contribution is -0.127. The maximum Gasteiger partial charge on any atom is 0.248 e. The van der Waals surface area contributed by atoms with Gasteiger partial charge in [-0.25, -0.2) is 0 Å². The largest absolute Gasteiger partial charge is 0.339 e. The summed E-state index contributed by atoms with van der Waals surface area (Å²) in [6, 6.07) is 0. The van der Waals surface area contributed by atoms with E-state index in [1.807, 2.05) is 11.8 Å². The number of rotatable bonds is 17. The summed E-state index contributed by atoms with van der Waals surface area (Å²) in [6.07, 6.45) is 9.34. The molecular weight excluding hydrogens is 298 g/mol. The van der Waals surface area contributed by atoms with Crippen molar-refractivity contribution in [3.8, 4) is 0 Å². The molecule has 0 aliphatic carbocycles. The molecule has 0 rings (SSSR count). The van der Waals surface area contributed by atoms with Crippen molar-refractivity contribution in [1.82, 2.24) is 15.5 Å². The van der Waals surface area contributed by atoms with Gasteiger partial charge in [0, 0.05) is 18.7 Å². The average molecular weight is 340 g/mol. The van der Waals surface area contributed by atoms with Crippen molar-refractivity contribution in [3.05, 3.63) is 12.2 Å². The normalized spacial score (nSPS) is 10.8. The molecule has 1 amide bonds. The molecule has 0 aromatic heterocycles. The van der Waals surface area contributed by atoms with E-state index in [0.717, 1.165) is 65.0 Å². The highest BCUT2D eigenvalue weighted by Gasteiger charge is 2.13. The molecule has 142 valence electrons. The molecule has 24 heavy (non-hydrogen) atoms. The number of nitrogens with one attached hydrogen (secondary N) is 2. The quantitative estimate of drug-likeness (QED) is 0.313. The van der Waals surface area contributed by atoms with Crippen LogP contribution in [0.25, 0.3) is 0 Å². The molecule has 0 aliphatic heterocycles. The third kappa shape index (κ3) is 13.6. The molecule has 0 aromatic rings. The Morgan fingerprint density at radius 1 is 0.792 bits per heavy atom. The summed E-state index contributed by atoms with van der Waals surface area (Å²) in [4.78, 5) is 14.2. The minimum absolute atomic E-state index is 0.118. The van der Waals surface area contributed by atoms with Gasteiger partial charge in [-0.3, -0.25) is 4.79 Å². The lowest BCUT2D eigenvalue weighted by Gasteiger charge is -2.23. The number of hydrogen-bond acceptors (Lipinski definition) is 3. The Hall–Kier alpha value is -0.870. The molecule has 2 N–H and O–H groups in total. The molecule has 0 radical (unpaired) electrons. The fourth-order valence-electron chi connectivity index (χ4n) is 2.54. The van der Waals surface area contributed by atoms with Crippen molar-refractivity contribution in [2.45, 2.75) is 72.1 Å². The third-order valence-electron chi connectivity index (χ3n) is 4.13. The Balaban J connectivity index is 3.86. The molecule has 0 fully saturated rings. The number of nitrogens with zero attached hydrogens (tertiary/aromatic N) is 1. The van der Waals surface area contributed by atoms with E-state index in [0.29, 0.717) is 5.57 Å². The minimum Gasteiger partial charge on any atom is -0.339 e. The van der Waals surface area contributed by atoms with Crippen molar-refractivity contribution in [1.29, 1.82) is 0 Å². The topological polar surface area (TPSA) is 44.4 Å². The average Bonchev–Trinajstić information content (AvgIpc) is 2.57. The van der Waals surface area contributed by atoms with Crippen LogP contribution in [0.5, 0.6) is 0 Å². The van der Waals surface area contributed by atoms with E-state index in [9.17, 15) is 4.79 Å². The Morgan fingerprint density at radius 2 is 1.21 bits per heavy atom. The van der Waals surface area contributed by atoms with Crippen molar-refractivity contribution < 1.29 is 4.79 Å². The zero-order chi connectivity index (χ0) is 18.0. The molecular formula is C20H41N3O. The number of unbranched alkanes of at least 4 members (excludes halogenated alkanes) is 4. The van der Waals surface area contributed by atoms with Crippen molar-refractivity contribution in [2.24, 2.45) is 0 Å². The number of carbonyl (C=O) groups excluding carboxylic acids is 1. The molecule has 0 aliphatic rings. The van der Waals surface area contributed by atoms with E-state index in [4.69, 9.17) is 0 Å². The Kier molecular flexibility index (Phi) is 16.4. The molecule has 0 atom stereocenters. The maximum absolute atomic E-state index is 12.2. The monoisotopic (exact) mass is 339 g/mol. The first kappa shape index (κ1) is 23.1. The molecule has 0 aromatic carbocycles. The first-order valence-electron chi connectivity index (χ1n) is 9.99. The SMILES string of the molecule is C=C(C)C(=O)N(CCCCNCCCC)CCCCNCCCC. The van der Waals surface area contributed by atoms with E-state index < -0.39 is 0 Å². The predicted octanol–water partition coefficient (Wildman–Crippen LogP) is 3.73. The van der Waals surface area contributed by atoms with Gasteiger partial charge >= 0.3 is 0 Å². The standard InChI is InChI=1S/C20H41N3O/c1-5-7-13-21-15-9-11-17-23(20(24)19(3)4)18-12-10-16-22-14-8-6-2/h21-22H,3,5-18H2,1-2,4H3. The van der Waals surface area contributed by atoms with Crippen LogP contribution in [0.1, 0.15) is 72.1 Å². The van der Waals surface area contributed by atoms with Gasteiger partial charge in [0.25, 0.3) is 0 Å². The van der Waals surface area contributed by atoms with E-state index in [1.165, 1.54) is 25.7 Å². The summed E-state index contributed by atoms with van der Waals surface area (Å²) in [6.45, 7) is 16.1. The fraction of sp³-hybridized carbons (Fsp3) is 0.850. The van der Waals surface area contributed by atoms with Crippen LogP contribution in [0.3, 0.4) is 0 Å². The first-order valence-corrected chi connectivity index (χ1v) is 9.99. The zero-order valence-electron chi connectivity index (χ0n) is 16.5. The van der Waals surface area contributed by atoms with Crippen LogP contribution in [-0.2, 0) is 4.79 Å². The summed E-state index contributed by atoms with van der Waals surface area (Å²) in [5.74, 6) is 0.118. The second-order valence-electron chi connectivity index (χ2n) is 6.69. The van der Waals surface area contributed by atoms with Gasteiger partial charge in [0.05, 0.1) is 0 Å². The minimum atomic E-state index is 0.118. The summed E-state index contributed by atoms with van der Waals surface area (Å²) in [5.41, 5.74) is 0.650. The summed E-state index contributed by atoms with van der Waals surface area (Å²) in [5, 5.41) is 6.92. The Labute approximate surface area is 150 Å². The van der Waals surface area contributed by atoms with E-state index >= 15 is 0 Å². The second kappa shape index (κ2) is 17.0. The van der Waals surface area contributed by atoms with Gasteiger partial charge in [-0.05, 0) is 71.6 Å². The first-order chi connectivity index (χ1) is 11.6. The van der Waals surface area contributed by atoms with Gasteiger partial charge in [0.15, 0.2) is 0 Å². The number of hydrogen-bond donors (Lipinski definition) is 2. The molecule has 0 saturated carbocycles. The Bertz CT molecular complexity index is 300. The smallest absolute Gasteiger partial charge is 0.248 e. The van der Waals surface area contributed by atoms with Crippen molar-refractivity contribution >= 4 is 5.91 Å². The molecule has 0 spiro atoms. The van der Waals surface area contributed by atoms with Gasteiger partial charge in [-0.15, -0.1) is 0 Å². The molecule has 4 nitrogen and oxygen atoms in total. The molecule has 0 saturated heterocycles. The highest BCUT2D eigenvalue weighted by atomic mass is 16.2. The summed E-state index contributed by atoms with van der Waals surface area (Å²) < 4.78 is 0. The van der Waals surface area contributed by atoms with Crippen LogP contribution in [0.4, 0.5) is 0 Å². The number of amides is 1. The van der Waals surface area contributed by atoms with Gasteiger partial charge < -0.3 is 15.5 Å². The predicted molar refractivity (Wildman–Crippen MR) is 105 cm³/mol. The lowest BCUT2D eigenvalue weighted by Crippen LogP contribution is -2.34. The zero-order valence-corrected chi connectivity index (χ0v) is 16.5. The highest BCUT2D eigenvalue weighted by molar-refractivity contribution is 5.92. The van der Waals surface area contributed by atoms with Gasteiger partial charge in [-0.1, -0.05) is 33.3 Å². The maximum atomic E-state index is 12.2. The summed E-state index contributed by atoms with van der Waals surface area (Å²) in [7, 11) is 0. The molecule has 0 heterocycles. The van der Waals surface area contributed by atoms with Gasteiger partial charge in [0.1, 0.15) is 0 Å². The van der Waals surface area contributed by atoms with Crippen LogP contribution >= 0.6 is 0 Å².